The van der Waals surface area contributed by atoms with Crippen LogP contribution in [-0.4, -0.2) is 47.1 Å². The van der Waals surface area contributed by atoms with Gasteiger partial charge in [0.1, 0.15) is 0 Å². The second-order valence-corrected chi connectivity index (χ2v) is 15.6. The van der Waals surface area contributed by atoms with E-state index < -0.39 is 29.5 Å². The Labute approximate surface area is 236 Å². The molecular weight excluding hydrogens is 484 g/mol. The van der Waals surface area contributed by atoms with Gasteiger partial charge in [-0.15, -0.1) is 0 Å². The highest BCUT2D eigenvalue weighted by Gasteiger charge is 2.52. The van der Waals surface area contributed by atoms with E-state index in [2.05, 4.69) is 98.5 Å². The molecule has 0 aliphatic carbocycles. The van der Waals surface area contributed by atoms with Gasteiger partial charge in [-0.3, -0.25) is 0 Å². The van der Waals surface area contributed by atoms with Crippen molar-refractivity contribution >= 4 is 47.3 Å². The Hall–Kier alpha value is -1.79. The van der Waals surface area contributed by atoms with Gasteiger partial charge in [0.15, 0.2) is 0 Å². The zero-order valence-corrected chi connectivity index (χ0v) is 26.8. The smallest absolute Gasteiger partial charge is 0.427 e. The molecule has 5 nitrogen and oxygen atoms in total. The average Bonchev–Trinajstić information content (AvgIpc) is 3.22. The zero-order chi connectivity index (χ0) is 29.6. The number of fused-ring (bicyclic) bond motifs is 3. The van der Waals surface area contributed by atoms with Crippen molar-refractivity contribution in [2.45, 2.75) is 130 Å². The minimum atomic E-state index is -0.986. The van der Waals surface area contributed by atoms with E-state index in [1.165, 1.54) is 16.5 Å². The highest BCUT2D eigenvalue weighted by atomic mass is 16.7. The SMILES string of the molecule is CC(C)(C)c1cc(BOC(C)(C)C(C)(C)O)c2[nH]c3c(B4OC(C)(C)C(C)(C)O4)cc(C(C)(C)C)cc3c2c1. The Kier molecular flexibility index (Phi) is 7.05. The van der Waals surface area contributed by atoms with Crippen molar-refractivity contribution in [1.82, 2.24) is 4.98 Å². The predicted octanol–water partition coefficient (Wildman–Crippen LogP) is 5.76. The second kappa shape index (κ2) is 9.11. The summed E-state index contributed by atoms with van der Waals surface area (Å²) in [7, 11) is -0.105. The van der Waals surface area contributed by atoms with E-state index in [1.54, 1.807) is 13.8 Å². The van der Waals surface area contributed by atoms with Crippen LogP contribution in [-0.2, 0) is 24.8 Å². The van der Waals surface area contributed by atoms with Crippen LogP contribution in [0.5, 0.6) is 0 Å². The van der Waals surface area contributed by atoms with Gasteiger partial charge in [-0.1, -0.05) is 53.7 Å². The monoisotopic (exact) mass is 533 g/mol. The molecule has 1 aliphatic rings. The first-order chi connectivity index (χ1) is 17.4. The molecule has 0 bridgehead atoms. The predicted molar refractivity (Wildman–Crippen MR) is 167 cm³/mol. The molecular formula is C32H49B2NO4. The Balaban J connectivity index is 2.00. The molecule has 212 valence electrons. The number of benzene rings is 2. The lowest BCUT2D eigenvalue weighted by atomic mass is 9.73. The van der Waals surface area contributed by atoms with E-state index in [1.807, 2.05) is 13.8 Å². The lowest BCUT2D eigenvalue weighted by Gasteiger charge is -2.37. The molecule has 0 atom stereocenters. The standard InChI is InChI=1S/C32H49B2NO4/c1-27(2,3)19-15-21-22-16-20(28(4,5)6)18-24(34-38-31(11,12)32(13,14)39-34)26(22)35-25(21)23(17-19)33-37-30(9,10)29(7,8)36/h15-18,33,35-36H,1-14H3. The number of hydrogen-bond donors (Lipinski definition) is 2. The maximum absolute atomic E-state index is 10.7. The van der Waals surface area contributed by atoms with Crippen molar-refractivity contribution in [1.29, 1.82) is 0 Å². The Morgan fingerprint density at radius 2 is 1.21 bits per heavy atom. The quantitative estimate of drug-likeness (QED) is 0.410. The number of aromatic amines is 1. The molecule has 0 unspecified atom stereocenters. The number of hydrogen-bond acceptors (Lipinski definition) is 4. The molecule has 1 saturated heterocycles. The molecule has 1 fully saturated rings. The summed E-state index contributed by atoms with van der Waals surface area (Å²) in [5.41, 5.74) is 3.97. The molecule has 0 radical (unpaired) electrons. The van der Waals surface area contributed by atoms with Crippen LogP contribution < -0.4 is 10.9 Å². The third-order valence-electron chi connectivity index (χ3n) is 9.23. The minimum Gasteiger partial charge on any atom is -0.427 e. The zero-order valence-electron chi connectivity index (χ0n) is 26.8. The van der Waals surface area contributed by atoms with E-state index >= 15 is 0 Å². The fraction of sp³-hybridized carbons (Fsp3) is 0.625. The van der Waals surface area contributed by atoms with Crippen molar-refractivity contribution in [3.05, 3.63) is 35.4 Å². The van der Waals surface area contributed by atoms with Gasteiger partial charge in [0.05, 0.1) is 22.4 Å². The van der Waals surface area contributed by atoms with Crippen molar-refractivity contribution in [2.75, 3.05) is 0 Å². The molecule has 0 saturated carbocycles. The Bertz CT molecular complexity index is 1380. The largest absolute Gasteiger partial charge is 0.497 e. The molecule has 7 heteroatoms. The molecule has 0 spiro atoms. The van der Waals surface area contributed by atoms with Gasteiger partial charge in [0.2, 0.25) is 0 Å². The summed E-state index contributed by atoms with van der Waals surface area (Å²) in [6.45, 7) is 29.3. The third-order valence-corrected chi connectivity index (χ3v) is 9.23. The van der Waals surface area contributed by atoms with Crippen LogP contribution in [0.1, 0.15) is 108 Å². The Morgan fingerprint density at radius 3 is 1.67 bits per heavy atom. The van der Waals surface area contributed by atoms with Gasteiger partial charge >= 0.3 is 14.6 Å². The summed E-state index contributed by atoms with van der Waals surface area (Å²) in [5.74, 6) is 0. The van der Waals surface area contributed by atoms with E-state index in [9.17, 15) is 5.11 Å². The van der Waals surface area contributed by atoms with Gasteiger partial charge < -0.3 is 24.1 Å². The van der Waals surface area contributed by atoms with Crippen molar-refractivity contribution in [2.24, 2.45) is 0 Å². The number of H-pyrrole nitrogens is 1. The second-order valence-electron chi connectivity index (χ2n) is 15.6. The minimum absolute atomic E-state index is 0.0471. The fourth-order valence-electron chi connectivity index (χ4n) is 4.77. The van der Waals surface area contributed by atoms with Gasteiger partial charge in [0, 0.05) is 27.3 Å². The van der Waals surface area contributed by atoms with E-state index in [0.29, 0.717) is 7.48 Å². The molecule has 4 rings (SSSR count). The first kappa shape index (κ1) is 30.2. The summed E-state index contributed by atoms with van der Waals surface area (Å²) in [6.07, 6.45) is 0. The number of aliphatic hydroxyl groups is 1. The van der Waals surface area contributed by atoms with E-state index in [4.69, 9.17) is 14.0 Å². The molecule has 3 aromatic rings. The summed E-state index contributed by atoms with van der Waals surface area (Å²) < 4.78 is 19.5. The van der Waals surface area contributed by atoms with Crippen LogP contribution in [0.3, 0.4) is 0 Å². The van der Waals surface area contributed by atoms with Gasteiger partial charge in [-0.25, -0.2) is 0 Å². The molecule has 1 aromatic heterocycles. The molecule has 2 N–H and O–H groups in total. The Morgan fingerprint density at radius 1 is 0.744 bits per heavy atom. The molecule has 39 heavy (non-hydrogen) atoms. The fourth-order valence-corrected chi connectivity index (χ4v) is 4.77. The van der Waals surface area contributed by atoms with Gasteiger partial charge in [0.25, 0.3) is 0 Å². The van der Waals surface area contributed by atoms with Crippen LogP contribution in [0.25, 0.3) is 21.8 Å². The third kappa shape index (κ3) is 5.45. The molecule has 0 amide bonds. The topological polar surface area (TPSA) is 63.7 Å². The van der Waals surface area contributed by atoms with E-state index in [0.717, 1.165) is 27.3 Å². The normalized spacial score (nSPS) is 18.4. The van der Waals surface area contributed by atoms with Gasteiger partial charge in [-0.05, 0) is 94.9 Å². The van der Waals surface area contributed by atoms with Crippen LogP contribution in [0, 0.1) is 0 Å². The maximum atomic E-state index is 10.7. The van der Waals surface area contributed by atoms with Crippen molar-refractivity contribution in [3.63, 3.8) is 0 Å². The van der Waals surface area contributed by atoms with E-state index in [-0.39, 0.29) is 10.8 Å². The summed E-state index contributed by atoms with van der Waals surface area (Å²) >= 11 is 0. The molecule has 2 heterocycles. The maximum Gasteiger partial charge on any atom is 0.497 e. The first-order valence-electron chi connectivity index (χ1n) is 14.3. The van der Waals surface area contributed by atoms with Crippen molar-refractivity contribution < 1.29 is 19.1 Å². The van der Waals surface area contributed by atoms with Crippen LogP contribution >= 0.6 is 0 Å². The summed E-state index contributed by atoms with van der Waals surface area (Å²) in [5, 5.41) is 13.1. The summed E-state index contributed by atoms with van der Waals surface area (Å²) in [6, 6.07) is 9.13. The molecule has 2 aromatic carbocycles. The highest BCUT2D eigenvalue weighted by Crippen LogP contribution is 2.39. The van der Waals surface area contributed by atoms with Crippen LogP contribution in [0.15, 0.2) is 24.3 Å². The average molecular weight is 533 g/mol. The first-order valence-corrected chi connectivity index (χ1v) is 14.3. The molecule has 1 aliphatic heterocycles. The van der Waals surface area contributed by atoms with Crippen LogP contribution in [0.2, 0.25) is 0 Å². The van der Waals surface area contributed by atoms with Crippen LogP contribution in [0.4, 0.5) is 0 Å². The lowest BCUT2D eigenvalue weighted by molar-refractivity contribution is -0.0893. The summed E-state index contributed by atoms with van der Waals surface area (Å²) in [4.78, 5) is 3.78. The van der Waals surface area contributed by atoms with Gasteiger partial charge in [-0.2, -0.15) is 0 Å². The number of aromatic nitrogens is 1. The number of rotatable bonds is 5. The highest BCUT2D eigenvalue weighted by molar-refractivity contribution is 6.65. The lowest BCUT2D eigenvalue weighted by Crippen LogP contribution is -2.49. The number of nitrogens with one attached hydrogen (secondary N) is 1. The van der Waals surface area contributed by atoms with Crippen molar-refractivity contribution in [3.8, 4) is 0 Å².